The fraction of sp³-hybridized carbons (Fsp3) is 0.0833. The van der Waals surface area contributed by atoms with Crippen molar-refractivity contribution in [2.24, 2.45) is 0 Å². The number of aryl methyl sites for hydroxylation is 1. The molecule has 0 N–H and O–H groups in total. The van der Waals surface area contributed by atoms with Crippen LogP contribution in [0.3, 0.4) is 0 Å². The van der Waals surface area contributed by atoms with Gasteiger partial charge in [-0.1, -0.05) is 28.1 Å². The molecule has 19 heavy (non-hydrogen) atoms. The predicted octanol–water partition coefficient (Wildman–Crippen LogP) is 2.02. The molecule has 1 aromatic carbocycles. The van der Waals surface area contributed by atoms with Gasteiger partial charge in [0.15, 0.2) is 0 Å². The number of carboxylic acid groups (broad SMARTS) is 1. The number of halogens is 1. The van der Waals surface area contributed by atoms with Gasteiger partial charge in [0.25, 0.3) is 5.22 Å². The highest BCUT2D eigenvalue weighted by molar-refractivity contribution is 9.10. The molecule has 0 amide bonds. The van der Waals surface area contributed by atoms with Crippen molar-refractivity contribution in [3.8, 4) is 0 Å². The van der Waals surface area contributed by atoms with Crippen LogP contribution >= 0.6 is 27.7 Å². The molecule has 0 saturated heterocycles. The van der Waals surface area contributed by atoms with E-state index in [0.29, 0.717) is 5.89 Å². The summed E-state index contributed by atoms with van der Waals surface area (Å²) in [6.45, 7) is 1.63. The molecule has 98 valence electrons. The highest BCUT2D eigenvalue weighted by Gasteiger charge is 2.08. The average molecular weight is 340 g/mol. The Morgan fingerprint density at radius 2 is 2.05 bits per heavy atom. The smallest absolute Gasteiger partial charge is 0.281 e. The standard InChI is InChI=1S/C12H9BrN2O3S/c1-7-14-15-12(18-7)19-10(11(16)17)6-8-2-4-9(13)5-3-8/h2-6H,1H3,(H,16,17)/p-1/b10-6-. The molecule has 0 aliphatic rings. The lowest BCUT2D eigenvalue weighted by molar-refractivity contribution is -0.298. The van der Waals surface area contributed by atoms with Gasteiger partial charge in [0, 0.05) is 16.3 Å². The molecule has 0 saturated carbocycles. The van der Waals surface area contributed by atoms with Crippen LogP contribution in [0.1, 0.15) is 11.5 Å². The Kier molecular flexibility index (Phi) is 4.39. The van der Waals surface area contributed by atoms with Gasteiger partial charge in [0.2, 0.25) is 5.89 Å². The highest BCUT2D eigenvalue weighted by atomic mass is 79.9. The molecule has 2 aromatic rings. The van der Waals surface area contributed by atoms with E-state index in [9.17, 15) is 9.90 Å². The van der Waals surface area contributed by atoms with E-state index in [0.717, 1.165) is 21.8 Å². The van der Waals surface area contributed by atoms with Crippen LogP contribution in [0.25, 0.3) is 6.08 Å². The first-order chi connectivity index (χ1) is 9.04. The molecule has 0 unspecified atom stereocenters. The zero-order valence-electron chi connectivity index (χ0n) is 9.79. The molecular weight excluding hydrogens is 332 g/mol. The monoisotopic (exact) mass is 339 g/mol. The van der Waals surface area contributed by atoms with Gasteiger partial charge in [0.1, 0.15) is 0 Å². The third-order valence-corrected chi connectivity index (χ3v) is 3.45. The van der Waals surface area contributed by atoms with Crippen molar-refractivity contribution < 1.29 is 14.3 Å². The Labute approximate surface area is 121 Å². The van der Waals surface area contributed by atoms with Gasteiger partial charge in [-0.05, 0) is 35.5 Å². The molecule has 1 aromatic heterocycles. The summed E-state index contributed by atoms with van der Waals surface area (Å²) in [7, 11) is 0. The number of aromatic nitrogens is 2. The van der Waals surface area contributed by atoms with E-state index in [4.69, 9.17) is 4.42 Å². The van der Waals surface area contributed by atoms with E-state index in [1.54, 1.807) is 19.1 Å². The predicted molar refractivity (Wildman–Crippen MR) is 72.0 cm³/mol. The van der Waals surface area contributed by atoms with Crippen molar-refractivity contribution in [1.82, 2.24) is 10.2 Å². The molecule has 2 rings (SSSR count). The number of carbonyl (C=O) groups excluding carboxylic acids is 1. The topological polar surface area (TPSA) is 79.0 Å². The molecule has 0 spiro atoms. The number of carboxylic acids is 1. The molecule has 0 radical (unpaired) electrons. The van der Waals surface area contributed by atoms with E-state index in [1.165, 1.54) is 6.08 Å². The first-order valence-corrected chi connectivity index (χ1v) is 6.82. The maximum absolute atomic E-state index is 11.1. The zero-order valence-corrected chi connectivity index (χ0v) is 12.2. The average Bonchev–Trinajstić information content (AvgIpc) is 2.76. The van der Waals surface area contributed by atoms with Crippen LogP contribution in [0, 0.1) is 6.92 Å². The highest BCUT2D eigenvalue weighted by Crippen LogP contribution is 2.27. The van der Waals surface area contributed by atoms with Crippen LogP contribution < -0.4 is 5.11 Å². The van der Waals surface area contributed by atoms with Crippen LogP contribution in [-0.2, 0) is 4.79 Å². The van der Waals surface area contributed by atoms with E-state index in [1.807, 2.05) is 12.1 Å². The summed E-state index contributed by atoms with van der Waals surface area (Å²) in [6, 6.07) is 7.21. The van der Waals surface area contributed by atoms with Gasteiger partial charge in [0.05, 0.1) is 5.97 Å². The van der Waals surface area contributed by atoms with E-state index in [-0.39, 0.29) is 10.1 Å². The first kappa shape index (κ1) is 13.8. The Balaban J connectivity index is 2.24. The van der Waals surface area contributed by atoms with Crippen molar-refractivity contribution in [3.63, 3.8) is 0 Å². The summed E-state index contributed by atoms with van der Waals surface area (Å²) in [6.07, 6.45) is 1.49. The molecule has 0 fully saturated rings. The second-order valence-electron chi connectivity index (χ2n) is 3.54. The number of hydrogen-bond acceptors (Lipinski definition) is 6. The second-order valence-corrected chi connectivity index (χ2v) is 5.45. The SMILES string of the molecule is Cc1nnc(S/C(=C\c2ccc(Br)cc2)C(=O)[O-])o1. The number of benzene rings is 1. The molecule has 7 heteroatoms. The molecule has 1 heterocycles. The Bertz CT molecular complexity index is 622. The minimum absolute atomic E-state index is 0.00553. The van der Waals surface area contributed by atoms with Gasteiger partial charge >= 0.3 is 0 Å². The van der Waals surface area contributed by atoms with Gasteiger partial charge in [-0.25, -0.2) is 0 Å². The maximum Gasteiger partial charge on any atom is 0.281 e. The molecule has 0 bridgehead atoms. The Morgan fingerprint density at radius 1 is 1.37 bits per heavy atom. The van der Waals surface area contributed by atoms with Crippen molar-refractivity contribution in [2.45, 2.75) is 12.1 Å². The lowest BCUT2D eigenvalue weighted by Crippen LogP contribution is -2.23. The van der Waals surface area contributed by atoms with Gasteiger partial charge in [-0.15, -0.1) is 10.2 Å². The largest absolute Gasteiger partial charge is 0.544 e. The first-order valence-electron chi connectivity index (χ1n) is 5.21. The number of thioether (sulfide) groups is 1. The zero-order chi connectivity index (χ0) is 13.8. The minimum Gasteiger partial charge on any atom is -0.544 e. The lowest BCUT2D eigenvalue weighted by atomic mass is 10.2. The van der Waals surface area contributed by atoms with Crippen LogP contribution in [0.2, 0.25) is 0 Å². The number of nitrogens with zero attached hydrogens (tertiary/aromatic N) is 2. The fourth-order valence-corrected chi connectivity index (χ4v) is 2.23. The van der Waals surface area contributed by atoms with Crippen LogP contribution in [-0.4, -0.2) is 16.2 Å². The van der Waals surface area contributed by atoms with Gasteiger partial charge < -0.3 is 14.3 Å². The molecular formula is C12H8BrN2O3S-. The van der Waals surface area contributed by atoms with Gasteiger partial charge in [-0.3, -0.25) is 0 Å². The molecule has 0 atom stereocenters. The van der Waals surface area contributed by atoms with Crippen LogP contribution in [0.5, 0.6) is 0 Å². The fourth-order valence-electron chi connectivity index (χ4n) is 1.25. The lowest BCUT2D eigenvalue weighted by Gasteiger charge is -2.05. The van der Waals surface area contributed by atoms with E-state index in [2.05, 4.69) is 26.1 Å². The molecule has 0 aliphatic heterocycles. The van der Waals surface area contributed by atoms with Crippen molar-refractivity contribution in [3.05, 3.63) is 45.1 Å². The summed E-state index contributed by atoms with van der Waals surface area (Å²) in [5, 5.41) is 18.6. The summed E-state index contributed by atoms with van der Waals surface area (Å²) in [4.78, 5) is 11.1. The normalized spacial score (nSPS) is 11.6. The summed E-state index contributed by atoms with van der Waals surface area (Å²) in [5.74, 6) is -0.910. The van der Waals surface area contributed by atoms with E-state index >= 15 is 0 Å². The Morgan fingerprint density at radius 3 is 2.58 bits per heavy atom. The number of hydrogen-bond donors (Lipinski definition) is 0. The maximum atomic E-state index is 11.1. The van der Waals surface area contributed by atoms with Crippen molar-refractivity contribution >= 4 is 39.7 Å². The van der Waals surface area contributed by atoms with Crippen molar-refractivity contribution in [1.29, 1.82) is 0 Å². The number of carbonyl (C=O) groups is 1. The Hall–Kier alpha value is -1.60. The molecule has 5 nitrogen and oxygen atoms in total. The summed E-state index contributed by atoms with van der Waals surface area (Å²) >= 11 is 4.17. The minimum atomic E-state index is -1.29. The van der Waals surface area contributed by atoms with Crippen LogP contribution in [0.4, 0.5) is 0 Å². The van der Waals surface area contributed by atoms with Gasteiger partial charge in [-0.2, -0.15) is 0 Å². The summed E-state index contributed by atoms with van der Waals surface area (Å²) in [5.41, 5.74) is 0.742. The second kappa shape index (κ2) is 6.03. The van der Waals surface area contributed by atoms with Crippen LogP contribution in [0.15, 0.2) is 43.3 Å². The quantitative estimate of drug-likeness (QED) is 0.626. The van der Waals surface area contributed by atoms with E-state index < -0.39 is 5.97 Å². The molecule has 0 aliphatic carbocycles. The number of rotatable bonds is 4. The van der Waals surface area contributed by atoms with Crippen molar-refractivity contribution in [2.75, 3.05) is 0 Å². The third kappa shape index (κ3) is 3.93. The summed E-state index contributed by atoms with van der Waals surface area (Å²) < 4.78 is 6.04. The third-order valence-electron chi connectivity index (χ3n) is 2.07. The number of aliphatic carboxylic acids is 1.